The van der Waals surface area contributed by atoms with Crippen molar-refractivity contribution in [2.24, 2.45) is 0 Å². The van der Waals surface area contributed by atoms with Gasteiger partial charge in [-0.25, -0.2) is 18.0 Å². The van der Waals surface area contributed by atoms with Crippen LogP contribution in [0.25, 0.3) is 0 Å². The van der Waals surface area contributed by atoms with E-state index in [0.29, 0.717) is 0 Å². The van der Waals surface area contributed by atoms with Crippen LogP contribution in [-0.4, -0.2) is 43.4 Å². The smallest absolute Gasteiger partial charge is 0.748 e. The molecule has 0 saturated heterocycles. The van der Waals surface area contributed by atoms with E-state index in [9.17, 15) is 22.6 Å². The molecule has 7 nitrogen and oxygen atoms in total. The molecule has 1 aromatic carbocycles. The van der Waals surface area contributed by atoms with Gasteiger partial charge in [-0.05, 0) is 31.9 Å². The van der Waals surface area contributed by atoms with E-state index in [1.165, 1.54) is 44.7 Å². The van der Waals surface area contributed by atoms with E-state index in [1.807, 2.05) is 0 Å². The number of hydrogen-bond acceptors (Lipinski definition) is 7. The number of ether oxygens (including phenoxy) is 2. The Morgan fingerprint density at radius 1 is 0.900 bits per heavy atom. The first kappa shape index (κ1) is 29.1. The second kappa shape index (κ2) is 15.8. The van der Waals surface area contributed by atoms with E-state index >= 15 is 0 Å². The third-order valence-electron chi connectivity index (χ3n) is 4.60. The molecule has 0 aliphatic carbocycles. The Morgan fingerprint density at radius 2 is 1.37 bits per heavy atom. The molecule has 1 aromatic rings. The van der Waals surface area contributed by atoms with E-state index in [4.69, 9.17) is 9.47 Å². The summed E-state index contributed by atoms with van der Waals surface area (Å²) in [7, 11) is -4.42. The molecule has 30 heavy (non-hydrogen) atoms. The molecule has 1 atom stereocenters. The van der Waals surface area contributed by atoms with E-state index in [1.54, 1.807) is 12.1 Å². The Labute approximate surface area is 201 Å². The van der Waals surface area contributed by atoms with Crippen LogP contribution in [0.1, 0.15) is 85.9 Å². The van der Waals surface area contributed by atoms with E-state index in [0.717, 1.165) is 19.3 Å². The third kappa shape index (κ3) is 11.5. The topological polar surface area (TPSA) is 110 Å². The van der Waals surface area contributed by atoms with Crippen LogP contribution < -0.4 is 29.6 Å². The van der Waals surface area contributed by atoms with E-state index in [2.05, 4.69) is 6.92 Å². The molecule has 0 heterocycles. The Kier molecular flexibility index (Phi) is 15.3. The van der Waals surface area contributed by atoms with Gasteiger partial charge in [-0.15, -0.1) is 0 Å². The minimum atomic E-state index is -4.42. The first-order valence-corrected chi connectivity index (χ1v) is 11.6. The zero-order valence-electron chi connectivity index (χ0n) is 18.2. The normalized spacial score (nSPS) is 12.0. The largest absolute Gasteiger partial charge is 1.00 e. The summed E-state index contributed by atoms with van der Waals surface area (Å²) in [4.78, 5) is 24.6. The first-order valence-electron chi connectivity index (χ1n) is 10.1. The van der Waals surface area contributed by atoms with Gasteiger partial charge in [-0.2, -0.15) is 0 Å². The second-order valence-corrected chi connectivity index (χ2v) is 8.82. The molecule has 0 saturated carbocycles. The Hall–Kier alpha value is -0.930. The predicted molar refractivity (Wildman–Crippen MR) is 109 cm³/mol. The van der Waals surface area contributed by atoms with Crippen molar-refractivity contribution >= 4 is 22.1 Å². The maximum atomic E-state index is 12.3. The molecule has 1 rings (SSSR count). The third-order valence-corrected chi connectivity index (χ3v) is 5.82. The number of unbranched alkanes of at least 4 members (excludes halogenated alkanes) is 6. The van der Waals surface area contributed by atoms with Crippen molar-refractivity contribution in [3.8, 4) is 0 Å². The summed E-state index contributed by atoms with van der Waals surface area (Å²) < 4.78 is 42.9. The molecule has 0 N–H and O–H groups in total. The van der Waals surface area contributed by atoms with Gasteiger partial charge in [0.25, 0.3) is 0 Å². The van der Waals surface area contributed by atoms with Crippen molar-refractivity contribution in [3.63, 3.8) is 0 Å². The zero-order valence-corrected chi connectivity index (χ0v) is 21.0. The van der Waals surface area contributed by atoms with Crippen LogP contribution in [-0.2, 0) is 19.6 Å². The van der Waals surface area contributed by atoms with Crippen molar-refractivity contribution in [3.05, 3.63) is 35.4 Å². The molecule has 0 bridgehead atoms. The fraction of sp³-hybridized carbons (Fsp3) is 0.619. The maximum Gasteiger partial charge on any atom is 1.00 e. The summed E-state index contributed by atoms with van der Waals surface area (Å²) in [5.74, 6) is -1.36. The monoisotopic (exact) mass is 450 g/mol. The van der Waals surface area contributed by atoms with Crippen LogP contribution in [0.15, 0.2) is 24.3 Å². The van der Waals surface area contributed by atoms with Gasteiger partial charge >= 0.3 is 41.5 Å². The van der Waals surface area contributed by atoms with Crippen LogP contribution in [0.3, 0.4) is 0 Å². The van der Waals surface area contributed by atoms with Crippen molar-refractivity contribution in [2.75, 3.05) is 13.2 Å². The van der Waals surface area contributed by atoms with Crippen LogP contribution >= 0.6 is 0 Å². The second-order valence-electron chi connectivity index (χ2n) is 7.03. The summed E-state index contributed by atoms with van der Waals surface area (Å²) in [5, 5.41) is -1.16. The van der Waals surface area contributed by atoms with Gasteiger partial charge in [-0.1, -0.05) is 57.6 Å². The molecule has 0 radical (unpaired) electrons. The summed E-state index contributed by atoms with van der Waals surface area (Å²) in [5.41, 5.74) is 0.152. The van der Waals surface area contributed by atoms with Crippen LogP contribution in [0.2, 0.25) is 0 Å². The molecule has 0 aliphatic heterocycles. The minimum Gasteiger partial charge on any atom is -0.748 e. The molecule has 0 spiro atoms. The summed E-state index contributed by atoms with van der Waals surface area (Å²) >= 11 is 0. The Balaban J connectivity index is 0.00000841. The first-order chi connectivity index (χ1) is 13.8. The Bertz CT molecular complexity index is 749. The number of esters is 2. The SMILES string of the molecule is CCCCCCCCCOC(=O)c1ccccc1C(=O)OCCC(C)S(=O)(=O)[O-].[Na+]. The average Bonchev–Trinajstić information content (AvgIpc) is 2.68. The molecular weight excluding hydrogens is 419 g/mol. The van der Waals surface area contributed by atoms with Crippen LogP contribution in [0, 0.1) is 0 Å². The van der Waals surface area contributed by atoms with Crippen molar-refractivity contribution in [1.82, 2.24) is 0 Å². The molecule has 0 aliphatic rings. The van der Waals surface area contributed by atoms with E-state index in [-0.39, 0.29) is 60.3 Å². The summed E-state index contributed by atoms with van der Waals surface area (Å²) in [6, 6.07) is 6.14. The fourth-order valence-electron chi connectivity index (χ4n) is 2.68. The molecular formula is C21H31NaO7S. The predicted octanol–water partition coefficient (Wildman–Crippen LogP) is 1.08. The standard InChI is InChI=1S/C21H32O7S.Na/c1-3-4-5-6-7-8-11-15-27-20(22)18-12-9-10-13-19(18)21(23)28-16-14-17(2)29(24,25)26;/h9-10,12-13,17H,3-8,11,14-16H2,1-2H3,(H,24,25,26);/q;+1/p-1. The van der Waals surface area contributed by atoms with Crippen molar-refractivity contribution in [1.29, 1.82) is 0 Å². The van der Waals surface area contributed by atoms with E-state index < -0.39 is 27.3 Å². The van der Waals surface area contributed by atoms with Gasteiger partial charge in [0.1, 0.15) is 0 Å². The summed E-state index contributed by atoms with van der Waals surface area (Å²) in [6.45, 7) is 3.48. The van der Waals surface area contributed by atoms with Gasteiger partial charge in [0.2, 0.25) is 0 Å². The van der Waals surface area contributed by atoms with Crippen molar-refractivity contribution < 1.29 is 61.6 Å². The number of hydrogen-bond donors (Lipinski definition) is 0. The Morgan fingerprint density at radius 3 is 1.87 bits per heavy atom. The minimum absolute atomic E-state index is 0. The molecule has 9 heteroatoms. The number of carbonyl (C=O) groups is 2. The van der Waals surface area contributed by atoms with Crippen LogP contribution in [0.5, 0.6) is 0 Å². The van der Waals surface area contributed by atoms with Gasteiger partial charge < -0.3 is 14.0 Å². The van der Waals surface area contributed by atoms with Gasteiger partial charge in [-0.3, -0.25) is 0 Å². The van der Waals surface area contributed by atoms with Gasteiger partial charge in [0.05, 0.1) is 34.5 Å². The average molecular weight is 451 g/mol. The zero-order chi connectivity index (χ0) is 21.7. The maximum absolute atomic E-state index is 12.3. The van der Waals surface area contributed by atoms with Crippen molar-refractivity contribution in [2.45, 2.75) is 70.5 Å². The summed E-state index contributed by atoms with van der Waals surface area (Å²) in [6.07, 6.45) is 7.62. The molecule has 0 fully saturated rings. The quantitative estimate of drug-likeness (QED) is 0.181. The van der Waals surface area contributed by atoms with Gasteiger partial charge in [0, 0.05) is 5.25 Å². The molecule has 1 unspecified atom stereocenters. The number of rotatable bonds is 14. The molecule has 164 valence electrons. The molecule has 0 amide bonds. The molecule has 0 aromatic heterocycles. The van der Waals surface area contributed by atoms with Gasteiger partial charge in [0.15, 0.2) is 0 Å². The van der Waals surface area contributed by atoms with Crippen LogP contribution in [0.4, 0.5) is 0 Å². The number of carbonyl (C=O) groups excluding carboxylic acids is 2. The fourth-order valence-corrected chi connectivity index (χ4v) is 3.07. The number of benzene rings is 1.